The second-order valence-corrected chi connectivity index (χ2v) is 10.5. The molecule has 0 aliphatic carbocycles. The Morgan fingerprint density at radius 3 is 1.20 bits per heavy atom. The van der Waals surface area contributed by atoms with E-state index in [4.69, 9.17) is 11.6 Å². The molecule has 2 heteroatoms. The molecular weight excluding hydrogens is 403 g/mol. The van der Waals surface area contributed by atoms with Crippen molar-refractivity contribution in [3.63, 3.8) is 0 Å². The van der Waals surface area contributed by atoms with Crippen LogP contribution in [-0.2, 0) is 0 Å². The van der Waals surface area contributed by atoms with Crippen molar-refractivity contribution in [3.05, 3.63) is 0 Å². The lowest BCUT2D eigenvalue weighted by Gasteiger charge is -2.36. The molecule has 0 N–H and O–H groups in total. The summed E-state index contributed by atoms with van der Waals surface area (Å²) >= 11 is 7.34. The van der Waals surface area contributed by atoms with E-state index in [9.17, 15) is 0 Å². The molecule has 0 radical (unpaired) electrons. The molecule has 0 heterocycles. The average Bonchev–Trinajstić information content (AvgIpc) is 2.73. The molecule has 2 atom stereocenters. The first-order valence-electron chi connectivity index (χ1n) is 13.8. The maximum Gasteiger partial charge on any atom is 0.0475 e. The van der Waals surface area contributed by atoms with Crippen molar-refractivity contribution in [1.29, 1.82) is 0 Å². The Hall–Kier alpha value is 0.720. The van der Waals surface area contributed by atoms with Crippen LogP contribution in [0, 0.1) is 5.92 Å². The fourth-order valence-corrected chi connectivity index (χ4v) is 5.30. The zero-order chi connectivity index (χ0) is 21.6. The highest BCUT2D eigenvalue weighted by Crippen LogP contribution is 2.41. The molecule has 0 rings (SSSR count). The van der Waals surface area contributed by atoms with Crippen molar-refractivity contribution in [3.8, 4) is 0 Å². The molecule has 184 valence electrons. The predicted molar refractivity (Wildman–Crippen MR) is 147 cm³/mol. The van der Waals surface area contributed by atoms with Gasteiger partial charge in [0.05, 0.1) is 0 Å². The minimum atomic E-state index is 0. The van der Waals surface area contributed by atoms with Gasteiger partial charge in [0, 0.05) is 4.87 Å². The minimum Gasteiger partial charge on any atom is -0.153 e. The number of hydrogen-bond acceptors (Lipinski definition) is 0. The van der Waals surface area contributed by atoms with E-state index in [1.807, 2.05) is 0 Å². The van der Waals surface area contributed by atoms with Gasteiger partial charge in [-0.1, -0.05) is 143 Å². The van der Waals surface area contributed by atoms with Crippen molar-refractivity contribution in [2.24, 2.45) is 5.92 Å². The standard InChI is InChI=1S/C28H57Cl.H3P/c1-5-9-13-14-15-16-17-18-19-20-21-22-24-27(23-10-6-2)28(29,25-11-7-3)26-12-8-4;/h27H,5-26H2,1-4H3;1H3. The van der Waals surface area contributed by atoms with Crippen molar-refractivity contribution in [2.45, 2.75) is 174 Å². The molecular formula is C28H60ClP. The molecule has 0 aromatic carbocycles. The van der Waals surface area contributed by atoms with E-state index in [2.05, 4.69) is 27.7 Å². The van der Waals surface area contributed by atoms with Crippen molar-refractivity contribution >= 4 is 21.5 Å². The largest absolute Gasteiger partial charge is 0.153 e. The molecule has 0 aromatic rings. The molecule has 0 aromatic heterocycles. The van der Waals surface area contributed by atoms with Crippen molar-refractivity contribution < 1.29 is 0 Å². The van der Waals surface area contributed by atoms with Gasteiger partial charge >= 0.3 is 0 Å². The Bertz CT molecular complexity index is 310. The van der Waals surface area contributed by atoms with Gasteiger partial charge in [-0.25, -0.2) is 0 Å². The topological polar surface area (TPSA) is 0 Å². The van der Waals surface area contributed by atoms with E-state index >= 15 is 0 Å². The minimum absolute atomic E-state index is 0. The zero-order valence-electron chi connectivity index (χ0n) is 21.7. The lowest BCUT2D eigenvalue weighted by Crippen LogP contribution is -2.32. The first-order valence-corrected chi connectivity index (χ1v) is 14.2. The van der Waals surface area contributed by atoms with Gasteiger partial charge in [0.25, 0.3) is 0 Å². The maximum absolute atomic E-state index is 7.34. The first kappa shape index (κ1) is 32.9. The van der Waals surface area contributed by atoms with Gasteiger partial charge < -0.3 is 0 Å². The highest BCUT2D eigenvalue weighted by Gasteiger charge is 2.34. The van der Waals surface area contributed by atoms with Crippen LogP contribution in [0.15, 0.2) is 0 Å². The average molecular weight is 463 g/mol. The lowest BCUT2D eigenvalue weighted by molar-refractivity contribution is 0.268. The Labute approximate surface area is 201 Å². The van der Waals surface area contributed by atoms with Crippen LogP contribution in [0.1, 0.15) is 169 Å². The summed E-state index contributed by atoms with van der Waals surface area (Å²) in [5.74, 6) is 0.741. The summed E-state index contributed by atoms with van der Waals surface area (Å²) in [6.07, 6.45) is 30.3. The summed E-state index contributed by atoms with van der Waals surface area (Å²) in [6.45, 7) is 9.25. The molecule has 0 aliphatic heterocycles. The monoisotopic (exact) mass is 462 g/mol. The van der Waals surface area contributed by atoms with Gasteiger partial charge in [-0.15, -0.1) is 11.6 Å². The van der Waals surface area contributed by atoms with Crippen LogP contribution < -0.4 is 0 Å². The first-order chi connectivity index (χ1) is 14.1. The number of hydrogen-bond donors (Lipinski definition) is 0. The maximum atomic E-state index is 7.34. The van der Waals surface area contributed by atoms with E-state index < -0.39 is 0 Å². The predicted octanol–water partition coefficient (Wildman–Crippen LogP) is 11.3. The molecule has 0 saturated heterocycles. The quantitative estimate of drug-likeness (QED) is 0.0803. The Balaban J connectivity index is 0. The Morgan fingerprint density at radius 2 is 0.800 bits per heavy atom. The van der Waals surface area contributed by atoms with E-state index in [0.29, 0.717) is 0 Å². The highest BCUT2D eigenvalue weighted by atomic mass is 35.5. The highest BCUT2D eigenvalue weighted by molar-refractivity contribution is 6.92. The summed E-state index contributed by atoms with van der Waals surface area (Å²) in [7, 11) is 0. The summed E-state index contributed by atoms with van der Waals surface area (Å²) in [5.41, 5.74) is 0. The van der Waals surface area contributed by atoms with Crippen LogP contribution in [0.25, 0.3) is 0 Å². The van der Waals surface area contributed by atoms with Gasteiger partial charge in [0.15, 0.2) is 0 Å². The van der Waals surface area contributed by atoms with Gasteiger partial charge in [-0.05, 0) is 31.6 Å². The zero-order valence-corrected chi connectivity index (χ0v) is 23.9. The summed E-state index contributed by atoms with van der Waals surface area (Å²) < 4.78 is 0. The molecule has 2 unspecified atom stereocenters. The van der Waals surface area contributed by atoms with Gasteiger partial charge in [0.2, 0.25) is 0 Å². The fraction of sp³-hybridized carbons (Fsp3) is 1.00. The van der Waals surface area contributed by atoms with Crippen molar-refractivity contribution in [1.82, 2.24) is 0 Å². The molecule has 0 aliphatic rings. The Morgan fingerprint density at radius 1 is 0.467 bits per heavy atom. The number of halogens is 1. The van der Waals surface area contributed by atoms with Crippen molar-refractivity contribution in [2.75, 3.05) is 0 Å². The third kappa shape index (κ3) is 18.3. The van der Waals surface area contributed by atoms with Crippen LogP contribution in [0.3, 0.4) is 0 Å². The molecule has 0 saturated carbocycles. The number of rotatable bonds is 23. The van der Waals surface area contributed by atoms with Gasteiger partial charge in [0.1, 0.15) is 0 Å². The second-order valence-electron chi connectivity index (χ2n) is 9.76. The van der Waals surface area contributed by atoms with E-state index in [-0.39, 0.29) is 14.8 Å². The fourth-order valence-electron chi connectivity index (χ4n) is 4.82. The SMILES string of the molecule is CCCCCCCCCCCCCCC(CCCC)C(Cl)(CCCC)CCCC.P. The van der Waals surface area contributed by atoms with Crippen LogP contribution in [-0.4, -0.2) is 4.87 Å². The number of unbranched alkanes of at least 4 members (excludes halogenated alkanes) is 14. The number of alkyl halides is 1. The third-order valence-corrected chi connectivity index (χ3v) is 7.62. The third-order valence-electron chi connectivity index (χ3n) is 6.94. The molecule has 0 nitrogen and oxygen atoms in total. The smallest absolute Gasteiger partial charge is 0.0475 e. The van der Waals surface area contributed by atoms with E-state index in [1.54, 1.807) is 0 Å². The Kier molecular flexibility index (Phi) is 26.7. The summed E-state index contributed by atoms with van der Waals surface area (Å²) in [5, 5.41) is 0. The van der Waals surface area contributed by atoms with Crippen LogP contribution >= 0.6 is 21.5 Å². The van der Waals surface area contributed by atoms with Gasteiger partial charge in [-0.3, -0.25) is 0 Å². The molecule has 0 fully saturated rings. The molecule has 0 amide bonds. The molecule has 0 bridgehead atoms. The summed E-state index contributed by atoms with van der Waals surface area (Å²) in [4.78, 5) is 0.0823. The lowest BCUT2D eigenvalue weighted by atomic mass is 9.77. The van der Waals surface area contributed by atoms with Crippen LogP contribution in [0.4, 0.5) is 0 Å². The summed E-state index contributed by atoms with van der Waals surface area (Å²) in [6, 6.07) is 0. The van der Waals surface area contributed by atoms with Crippen LogP contribution in [0.5, 0.6) is 0 Å². The van der Waals surface area contributed by atoms with Crippen LogP contribution in [0.2, 0.25) is 0 Å². The molecule has 30 heavy (non-hydrogen) atoms. The van der Waals surface area contributed by atoms with Gasteiger partial charge in [-0.2, -0.15) is 9.90 Å². The van der Waals surface area contributed by atoms with E-state index in [0.717, 1.165) is 5.92 Å². The second kappa shape index (κ2) is 24.4. The molecule has 0 spiro atoms. The van der Waals surface area contributed by atoms with E-state index in [1.165, 1.54) is 141 Å². The normalized spacial score (nSPS) is 12.7.